The summed E-state index contributed by atoms with van der Waals surface area (Å²) in [6.07, 6.45) is 1.97. The minimum Gasteiger partial charge on any atom is -0.380 e. The molecule has 0 bridgehead atoms. The monoisotopic (exact) mass is 359 g/mol. The molecule has 1 aromatic rings. The molecule has 98 valence electrons. The van der Waals surface area contributed by atoms with Crippen molar-refractivity contribution >= 4 is 28.5 Å². The molecule has 0 radical (unpaired) electrons. The van der Waals surface area contributed by atoms with Crippen LogP contribution in [0.4, 0.5) is 0 Å². The fourth-order valence-electron chi connectivity index (χ4n) is 2.13. The molecule has 18 heavy (non-hydrogen) atoms. The molecule has 1 aromatic carbocycles. The first-order valence-corrected chi connectivity index (χ1v) is 7.45. The van der Waals surface area contributed by atoms with Crippen LogP contribution in [0.2, 0.25) is 0 Å². The molecule has 1 amide bonds. The summed E-state index contributed by atoms with van der Waals surface area (Å²) in [6, 6.07) is 6.11. The highest BCUT2D eigenvalue weighted by Crippen LogP contribution is 2.21. The van der Waals surface area contributed by atoms with E-state index in [0.29, 0.717) is 13.2 Å². The third-order valence-corrected chi connectivity index (χ3v) is 3.77. The van der Waals surface area contributed by atoms with Gasteiger partial charge in [-0.05, 0) is 53.1 Å². The summed E-state index contributed by atoms with van der Waals surface area (Å²) in [5.41, 5.74) is 2.04. The summed E-state index contributed by atoms with van der Waals surface area (Å²) in [4.78, 5) is 14.2. The van der Waals surface area contributed by atoms with Crippen LogP contribution in [0.3, 0.4) is 0 Å². The van der Waals surface area contributed by atoms with Gasteiger partial charge in [0.2, 0.25) is 0 Å². The maximum absolute atomic E-state index is 12.3. The lowest BCUT2D eigenvalue weighted by atomic mass is 9.99. The van der Waals surface area contributed by atoms with E-state index in [1.165, 1.54) is 5.56 Å². The van der Waals surface area contributed by atoms with Crippen LogP contribution in [0.5, 0.6) is 0 Å². The fourth-order valence-corrected chi connectivity index (χ4v) is 2.62. The molecule has 2 rings (SSSR count). The normalized spacial score (nSPS) is 14.8. The van der Waals surface area contributed by atoms with Crippen molar-refractivity contribution in [3.05, 3.63) is 32.9 Å². The summed E-state index contributed by atoms with van der Waals surface area (Å²) >= 11 is 2.25. The smallest absolute Gasteiger partial charge is 0.254 e. The molecule has 0 aliphatic carbocycles. The van der Waals surface area contributed by atoms with Gasteiger partial charge in [-0.1, -0.05) is 13.0 Å². The number of rotatable bonds is 5. The van der Waals surface area contributed by atoms with Crippen LogP contribution < -0.4 is 0 Å². The molecule has 0 saturated carbocycles. The van der Waals surface area contributed by atoms with Crippen molar-refractivity contribution in [3.8, 4) is 0 Å². The van der Waals surface area contributed by atoms with E-state index < -0.39 is 0 Å². The molecule has 4 heteroatoms. The van der Waals surface area contributed by atoms with Crippen LogP contribution in [0, 0.1) is 3.57 Å². The third kappa shape index (κ3) is 3.23. The Morgan fingerprint density at radius 3 is 3.00 bits per heavy atom. The maximum atomic E-state index is 12.3. The largest absolute Gasteiger partial charge is 0.380 e. The predicted molar refractivity (Wildman–Crippen MR) is 79.9 cm³/mol. The summed E-state index contributed by atoms with van der Waals surface area (Å²) in [6.45, 7) is 5.01. The van der Waals surface area contributed by atoms with Gasteiger partial charge in [-0.3, -0.25) is 4.79 Å². The first-order chi connectivity index (χ1) is 8.72. The first-order valence-electron chi connectivity index (χ1n) is 6.38. The molecule has 1 heterocycles. The number of carbonyl (C=O) groups is 1. The second-order valence-electron chi connectivity index (χ2n) is 4.46. The lowest BCUT2D eigenvalue weighted by Crippen LogP contribution is -2.39. The Balaban J connectivity index is 1.99. The SMILES string of the molecule is CCCOCCN1CCc2ccc(I)cc2C1=O. The quantitative estimate of drug-likeness (QED) is 0.598. The van der Waals surface area contributed by atoms with Crippen molar-refractivity contribution in [1.29, 1.82) is 0 Å². The number of fused-ring (bicyclic) bond motifs is 1. The van der Waals surface area contributed by atoms with Gasteiger partial charge in [0.25, 0.3) is 5.91 Å². The number of halogens is 1. The fraction of sp³-hybridized carbons (Fsp3) is 0.500. The number of benzene rings is 1. The van der Waals surface area contributed by atoms with Crippen molar-refractivity contribution in [2.75, 3.05) is 26.3 Å². The van der Waals surface area contributed by atoms with E-state index in [4.69, 9.17) is 4.74 Å². The van der Waals surface area contributed by atoms with Crippen molar-refractivity contribution < 1.29 is 9.53 Å². The molecular formula is C14H18INO2. The van der Waals surface area contributed by atoms with E-state index in [0.717, 1.165) is 35.1 Å². The van der Waals surface area contributed by atoms with Gasteiger partial charge in [0.1, 0.15) is 0 Å². The number of amides is 1. The van der Waals surface area contributed by atoms with Gasteiger partial charge in [0.15, 0.2) is 0 Å². The zero-order valence-electron chi connectivity index (χ0n) is 10.6. The maximum Gasteiger partial charge on any atom is 0.254 e. The number of nitrogens with zero attached hydrogens (tertiary/aromatic N) is 1. The zero-order valence-corrected chi connectivity index (χ0v) is 12.8. The predicted octanol–water partition coefficient (Wildman–Crippen LogP) is 2.72. The standard InChI is InChI=1S/C14H18INO2/c1-2-8-18-9-7-16-6-5-11-3-4-12(15)10-13(11)14(16)17/h3-4,10H,2,5-9H2,1H3. The lowest BCUT2D eigenvalue weighted by molar-refractivity contribution is 0.0626. The van der Waals surface area contributed by atoms with Gasteiger partial charge in [-0.25, -0.2) is 0 Å². The number of carbonyl (C=O) groups excluding carboxylic acids is 1. The van der Waals surface area contributed by atoms with Crippen LogP contribution in [0.15, 0.2) is 18.2 Å². The third-order valence-electron chi connectivity index (χ3n) is 3.09. The summed E-state index contributed by atoms with van der Waals surface area (Å²) in [5, 5.41) is 0. The van der Waals surface area contributed by atoms with Crippen molar-refractivity contribution in [1.82, 2.24) is 4.90 Å². The van der Waals surface area contributed by atoms with Crippen molar-refractivity contribution in [3.63, 3.8) is 0 Å². The highest BCUT2D eigenvalue weighted by Gasteiger charge is 2.23. The number of hydrogen-bond acceptors (Lipinski definition) is 2. The molecule has 0 fully saturated rings. The molecule has 0 spiro atoms. The molecule has 0 saturated heterocycles. The minimum absolute atomic E-state index is 0.148. The molecule has 1 aliphatic heterocycles. The lowest BCUT2D eigenvalue weighted by Gasteiger charge is -2.28. The zero-order chi connectivity index (χ0) is 13.0. The second kappa shape index (κ2) is 6.52. The van der Waals surface area contributed by atoms with Crippen molar-refractivity contribution in [2.24, 2.45) is 0 Å². The Morgan fingerprint density at radius 1 is 1.39 bits per heavy atom. The topological polar surface area (TPSA) is 29.5 Å². The van der Waals surface area contributed by atoms with Crippen LogP contribution in [0.1, 0.15) is 29.3 Å². The highest BCUT2D eigenvalue weighted by atomic mass is 127. The average molecular weight is 359 g/mol. The highest BCUT2D eigenvalue weighted by molar-refractivity contribution is 14.1. The van der Waals surface area contributed by atoms with E-state index in [9.17, 15) is 4.79 Å². The van der Waals surface area contributed by atoms with Gasteiger partial charge in [0, 0.05) is 28.8 Å². The molecular weight excluding hydrogens is 341 g/mol. The van der Waals surface area contributed by atoms with E-state index in [-0.39, 0.29) is 5.91 Å². The summed E-state index contributed by atoms with van der Waals surface area (Å²) < 4.78 is 6.56. The molecule has 3 nitrogen and oxygen atoms in total. The Morgan fingerprint density at radius 2 is 2.22 bits per heavy atom. The van der Waals surface area contributed by atoms with E-state index in [1.54, 1.807) is 0 Å². The minimum atomic E-state index is 0.148. The van der Waals surface area contributed by atoms with Gasteiger partial charge in [0.05, 0.1) is 6.61 Å². The Labute approximate surface area is 122 Å². The molecule has 1 aliphatic rings. The Kier molecular flexibility index (Phi) is 5.00. The number of hydrogen-bond donors (Lipinski definition) is 0. The van der Waals surface area contributed by atoms with E-state index >= 15 is 0 Å². The first kappa shape index (κ1) is 13.8. The van der Waals surface area contributed by atoms with Crippen LogP contribution in [-0.2, 0) is 11.2 Å². The molecule has 0 atom stereocenters. The Hall–Kier alpha value is -0.620. The van der Waals surface area contributed by atoms with Gasteiger partial charge >= 0.3 is 0 Å². The van der Waals surface area contributed by atoms with Crippen LogP contribution >= 0.6 is 22.6 Å². The van der Waals surface area contributed by atoms with Gasteiger partial charge in [-0.15, -0.1) is 0 Å². The second-order valence-corrected chi connectivity index (χ2v) is 5.70. The van der Waals surface area contributed by atoms with E-state index in [1.807, 2.05) is 11.0 Å². The van der Waals surface area contributed by atoms with Crippen LogP contribution in [-0.4, -0.2) is 37.1 Å². The summed E-state index contributed by atoms with van der Waals surface area (Å²) in [5.74, 6) is 0.148. The molecule has 0 aromatic heterocycles. The van der Waals surface area contributed by atoms with Gasteiger partial charge in [-0.2, -0.15) is 0 Å². The van der Waals surface area contributed by atoms with E-state index in [2.05, 4.69) is 41.6 Å². The van der Waals surface area contributed by atoms with Gasteiger partial charge < -0.3 is 9.64 Å². The number of ether oxygens (including phenoxy) is 1. The summed E-state index contributed by atoms with van der Waals surface area (Å²) in [7, 11) is 0. The average Bonchev–Trinajstić information content (AvgIpc) is 2.38. The Bertz CT molecular complexity index is 434. The van der Waals surface area contributed by atoms with Crippen molar-refractivity contribution in [2.45, 2.75) is 19.8 Å². The molecule has 0 N–H and O–H groups in total. The van der Waals surface area contributed by atoms with Crippen LogP contribution in [0.25, 0.3) is 0 Å². The molecule has 0 unspecified atom stereocenters.